The van der Waals surface area contributed by atoms with Crippen LogP contribution in [0, 0.1) is 0 Å². The summed E-state index contributed by atoms with van der Waals surface area (Å²) in [6, 6.07) is 5.65. The molecule has 2 N–H and O–H groups in total. The van der Waals surface area contributed by atoms with Crippen LogP contribution in [0.1, 0.15) is 19.0 Å². The maximum absolute atomic E-state index is 4.15. The van der Waals surface area contributed by atoms with Crippen LogP contribution in [0.3, 0.4) is 0 Å². The van der Waals surface area contributed by atoms with E-state index in [0.29, 0.717) is 6.54 Å². The fourth-order valence-corrected chi connectivity index (χ4v) is 1.41. The first kappa shape index (κ1) is 12.2. The van der Waals surface area contributed by atoms with Crippen LogP contribution in [-0.4, -0.2) is 26.7 Å². The van der Waals surface area contributed by atoms with Crippen LogP contribution in [0.25, 0.3) is 0 Å². The number of aromatic nitrogens is 4. The lowest BCUT2D eigenvalue weighted by Crippen LogP contribution is -2.06. The molecule has 0 radical (unpaired) electrons. The van der Waals surface area contributed by atoms with Gasteiger partial charge in [-0.1, -0.05) is 6.92 Å². The van der Waals surface area contributed by atoms with E-state index < -0.39 is 0 Å². The minimum absolute atomic E-state index is 0.595. The van der Waals surface area contributed by atoms with Crippen LogP contribution in [0.5, 0.6) is 0 Å². The number of nitrogens with one attached hydrogen (secondary N) is 2. The topological polar surface area (TPSA) is 75.6 Å². The van der Waals surface area contributed by atoms with E-state index in [4.69, 9.17) is 0 Å². The molecule has 0 saturated carbocycles. The van der Waals surface area contributed by atoms with Gasteiger partial charge in [0.2, 0.25) is 0 Å². The largest absolute Gasteiger partial charge is 0.370 e. The molecule has 2 aromatic rings. The molecule has 2 aromatic heterocycles. The van der Waals surface area contributed by atoms with Gasteiger partial charge >= 0.3 is 0 Å². The van der Waals surface area contributed by atoms with E-state index in [-0.39, 0.29) is 0 Å². The third-order valence-electron chi connectivity index (χ3n) is 2.30. The van der Waals surface area contributed by atoms with Crippen molar-refractivity contribution in [3.8, 4) is 0 Å². The predicted octanol–water partition coefficient (Wildman–Crippen LogP) is 1.70. The first-order chi connectivity index (χ1) is 8.88. The van der Waals surface area contributed by atoms with Gasteiger partial charge in [-0.05, 0) is 18.6 Å². The molecular formula is C12H16N6. The number of anilines is 2. The lowest BCUT2D eigenvalue weighted by Gasteiger charge is -2.07. The second-order valence-electron chi connectivity index (χ2n) is 3.78. The summed E-state index contributed by atoms with van der Waals surface area (Å²) >= 11 is 0. The molecule has 0 aliphatic carbocycles. The van der Waals surface area contributed by atoms with E-state index in [1.807, 2.05) is 18.2 Å². The van der Waals surface area contributed by atoms with Crippen molar-refractivity contribution in [1.29, 1.82) is 0 Å². The van der Waals surface area contributed by atoms with Crippen LogP contribution in [0.15, 0.2) is 30.7 Å². The predicted molar refractivity (Wildman–Crippen MR) is 70.2 cm³/mol. The van der Waals surface area contributed by atoms with Crippen molar-refractivity contribution in [2.24, 2.45) is 0 Å². The summed E-state index contributed by atoms with van der Waals surface area (Å²) in [6.45, 7) is 3.61. The highest BCUT2D eigenvalue weighted by Gasteiger charge is 1.99. The average molecular weight is 244 g/mol. The Balaban J connectivity index is 1.93. The molecule has 6 heteroatoms. The molecule has 0 aromatic carbocycles. The molecule has 2 rings (SSSR count). The summed E-state index contributed by atoms with van der Waals surface area (Å²) < 4.78 is 0. The molecule has 0 spiro atoms. The fraction of sp³-hybridized carbons (Fsp3) is 0.333. The Kier molecular flexibility index (Phi) is 4.40. The lowest BCUT2D eigenvalue weighted by atomic mass is 10.4. The summed E-state index contributed by atoms with van der Waals surface area (Å²) in [5, 5.41) is 14.2. The maximum atomic E-state index is 4.15. The summed E-state index contributed by atoms with van der Waals surface area (Å²) in [4.78, 5) is 8.29. The summed E-state index contributed by atoms with van der Waals surface area (Å²) in [5.41, 5.74) is 0.874. The van der Waals surface area contributed by atoms with Gasteiger partial charge in [-0.15, -0.1) is 0 Å². The van der Waals surface area contributed by atoms with E-state index in [2.05, 4.69) is 37.7 Å². The first-order valence-electron chi connectivity index (χ1n) is 5.95. The van der Waals surface area contributed by atoms with E-state index >= 15 is 0 Å². The second-order valence-corrected chi connectivity index (χ2v) is 3.78. The van der Waals surface area contributed by atoms with Crippen molar-refractivity contribution in [1.82, 2.24) is 20.2 Å². The summed E-state index contributed by atoms with van der Waals surface area (Å²) in [6.07, 6.45) is 4.25. The number of rotatable bonds is 6. The zero-order valence-corrected chi connectivity index (χ0v) is 10.3. The molecule has 0 unspecified atom stereocenters. The fourth-order valence-electron chi connectivity index (χ4n) is 1.41. The Labute approximate surface area is 106 Å². The number of hydrogen-bond donors (Lipinski definition) is 2. The van der Waals surface area contributed by atoms with Crippen LogP contribution in [0.2, 0.25) is 0 Å². The van der Waals surface area contributed by atoms with Crippen molar-refractivity contribution < 1.29 is 0 Å². The molecule has 0 fully saturated rings. The Morgan fingerprint density at radius 1 is 1.17 bits per heavy atom. The van der Waals surface area contributed by atoms with E-state index in [1.54, 1.807) is 6.20 Å². The van der Waals surface area contributed by atoms with Crippen LogP contribution >= 0.6 is 0 Å². The summed E-state index contributed by atoms with van der Waals surface area (Å²) in [5.74, 6) is 1.60. The van der Waals surface area contributed by atoms with E-state index in [1.165, 1.54) is 6.33 Å². The zero-order valence-electron chi connectivity index (χ0n) is 10.3. The third kappa shape index (κ3) is 3.65. The van der Waals surface area contributed by atoms with Crippen molar-refractivity contribution >= 4 is 11.6 Å². The van der Waals surface area contributed by atoms with Gasteiger partial charge in [0.1, 0.15) is 18.0 Å². The van der Waals surface area contributed by atoms with Gasteiger partial charge in [-0.25, -0.2) is 9.97 Å². The Morgan fingerprint density at radius 2 is 2.00 bits per heavy atom. The first-order valence-corrected chi connectivity index (χ1v) is 5.95. The Hall–Kier alpha value is -2.24. The molecule has 0 saturated heterocycles. The van der Waals surface area contributed by atoms with Gasteiger partial charge in [-0.3, -0.25) is 0 Å². The minimum Gasteiger partial charge on any atom is -0.370 e. The van der Waals surface area contributed by atoms with E-state index in [0.717, 1.165) is 30.3 Å². The zero-order chi connectivity index (χ0) is 12.6. The highest BCUT2D eigenvalue weighted by atomic mass is 15.1. The van der Waals surface area contributed by atoms with E-state index in [9.17, 15) is 0 Å². The smallest absolute Gasteiger partial charge is 0.131 e. The van der Waals surface area contributed by atoms with Crippen molar-refractivity contribution in [3.63, 3.8) is 0 Å². The monoisotopic (exact) mass is 244 g/mol. The molecule has 0 aliphatic rings. The van der Waals surface area contributed by atoms with Crippen LogP contribution in [0.4, 0.5) is 11.6 Å². The van der Waals surface area contributed by atoms with Gasteiger partial charge in [0, 0.05) is 18.8 Å². The molecule has 0 bridgehead atoms. The highest BCUT2D eigenvalue weighted by Crippen LogP contribution is 2.09. The maximum Gasteiger partial charge on any atom is 0.131 e. The van der Waals surface area contributed by atoms with Crippen molar-refractivity contribution in [2.45, 2.75) is 19.9 Å². The standard InChI is InChI=1S/C12H16N6/c1-2-5-13-11-7-12(16-9-15-11)14-8-10-4-3-6-17-18-10/h3-4,6-7,9H,2,5,8H2,1H3,(H2,13,14,15,16). The van der Waals surface area contributed by atoms with Gasteiger partial charge in [0.15, 0.2) is 0 Å². The quantitative estimate of drug-likeness (QED) is 0.805. The van der Waals surface area contributed by atoms with Crippen LogP contribution < -0.4 is 10.6 Å². The highest BCUT2D eigenvalue weighted by molar-refractivity contribution is 5.46. The third-order valence-corrected chi connectivity index (χ3v) is 2.30. The molecule has 0 atom stereocenters. The molecule has 2 heterocycles. The average Bonchev–Trinajstić information content (AvgIpc) is 2.44. The van der Waals surface area contributed by atoms with Gasteiger partial charge in [-0.2, -0.15) is 10.2 Å². The van der Waals surface area contributed by atoms with Gasteiger partial charge in [0.25, 0.3) is 0 Å². The molecular weight excluding hydrogens is 228 g/mol. The number of hydrogen-bond acceptors (Lipinski definition) is 6. The van der Waals surface area contributed by atoms with Gasteiger partial charge < -0.3 is 10.6 Å². The normalized spacial score (nSPS) is 10.1. The minimum atomic E-state index is 0.595. The van der Waals surface area contributed by atoms with Crippen molar-refractivity contribution in [2.75, 3.05) is 17.2 Å². The SMILES string of the molecule is CCCNc1cc(NCc2cccnn2)ncn1. The van der Waals surface area contributed by atoms with Crippen LogP contribution in [-0.2, 0) is 6.54 Å². The van der Waals surface area contributed by atoms with Crippen molar-refractivity contribution in [3.05, 3.63) is 36.4 Å². The molecule has 94 valence electrons. The lowest BCUT2D eigenvalue weighted by molar-refractivity contribution is 0.918. The molecule has 0 amide bonds. The molecule has 18 heavy (non-hydrogen) atoms. The number of nitrogens with zero attached hydrogens (tertiary/aromatic N) is 4. The second kappa shape index (κ2) is 6.48. The van der Waals surface area contributed by atoms with Gasteiger partial charge in [0.05, 0.1) is 12.2 Å². The molecule has 0 aliphatic heterocycles. The summed E-state index contributed by atoms with van der Waals surface area (Å²) in [7, 11) is 0. The molecule has 6 nitrogen and oxygen atoms in total. The Bertz CT molecular complexity index is 473. The Morgan fingerprint density at radius 3 is 2.72 bits per heavy atom.